The standard InChI is InChI=1S/C30H28N6/c1-3-25(31-13-1)29-33-23-11-7-19-15-17(5-9-21(19)27(23)35-29)18-6-10-22-20(16-18)8-12-24-28(22)36-30(34-24)26-4-2-14-32-26/h5-12,15-16,25-26,31-32H,1-4,13-14H2,(H,33,35)(H,34,36)/t25-,26-/m0/s1. The third kappa shape index (κ3) is 3.18. The van der Waals surface area contributed by atoms with Crippen molar-refractivity contribution in [1.29, 1.82) is 0 Å². The van der Waals surface area contributed by atoms with Gasteiger partial charge in [-0.15, -0.1) is 0 Å². The van der Waals surface area contributed by atoms with E-state index >= 15 is 0 Å². The first kappa shape index (κ1) is 20.5. The molecule has 2 aliphatic heterocycles. The van der Waals surface area contributed by atoms with Gasteiger partial charge in [0.05, 0.1) is 34.2 Å². The highest BCUT2D eigenvalue weighted by atomic mass is 15.0. The van der Waals surface area contributed by atoms with Crippen molar-refractivity contribution in [1.82, 2.24) is 30.6 Å². The van der Waals surface area contributed by atoms with Crippen LogP contribution in [0, 0.1) is 0 Å². The molecule has 2 aliphatic rings. The van der Waals surface area contributed by atoms with E-state index in [-0.39, 0.29) is 0 Å². The Morgan fingerprint density at radius 2 is 1.31 bits per heavy atom. The minimum atomic E-state index is 0.343. The number of imidazole rings is 2. The molecule has 8 rings (SSSR count). The van der Waals surface area contributed by atoms with Gasteiger partial charge in [-0.2, -0.15) is 0 Å². The predicted molar refractivity (Wildman–Crippen MR) is 146 cm³/mol. The molecule has 6 nitrogen and oxygen atoms in total. The normalized spacial score (nSPS) is 20.4. The lowest BCUT2D eigenvalue weighted by molar-refractivity contribution is 0.614. The van der Waals surface area contributed by atoms with E-state index in [0.29, 0.717) is 12.1 Å². The minimum absolute atomic E-state index is 0.343. The minimum Gasteiger partial charge on any atom is -0.341 e. The molecule has 6 aromatic rings. The molecule has 2 fully saturated rings. The van der Waals surface area contributed by atoms with Crippen LogP contribution >= 0.6 is 0 Å². The molecule has 36 heavy (non-hydrogen) atoms. The smallest absolute Gasteiger partial charge is 0.124 e. The predicted octanol–water partition coefficient (Wildman–Crippen LogP) is 6.26. The van der Waals surface area contributed by atoms with Crippen LogP contribution in [0.25, 0.3) is 54.7 Å². The molecule has 4 heterocycles. The summed E-state index contributed by atoms with van der Waals surface area (Å²) in [6, 6.07) is 22.9. The number of hydrogen-bond acceptors (Lipinski definition) is 4. The van der Waals surface area contributed by atoms with Crippen molar-refractivity contribution in [3.05, 3.63) is 72.3 Å². The maximum absolute atomic E-state index is 4.99. The highest BCUT2D eigenvalue weighted by Crippen LogP contribution is 2.34. The van der Waals surface area contributed by atoms with Crippen LogP contribution in [-0.2, 0) is 0 Å². The molecule has 4 N–H and O–H groups in total. The molecule has 6 heteroatoms. The van der Waals surface area contributed by atoms with Crippen LogP contribution in [0.15, 0.2) is 60.7 Å². The lowest BCUT2D eigenvalue weighted by Gasteiger charge is -2.07. The highest BCUT2D eigenvalue weighted by molar-refractivity contribution is 6.07. The van der Waals surface area contributed by atoms with Crippen molar-refractivity contribution in [2.24, 2.45) is 0 Å². The third-order valence-electron chi connectivity index (χ3n) is 8.09. The fourth-order valence-electron chi connectivity index (χ4n) is 6.17. The summed E-state index contributed by atoms with van der Waals surface area (Å²) in [6.45, 7) is 2.14. The van der Waals surface area contributed by atoms with Gasteiger partial charge >= 0.3 is 0 Å². The van der Waals surface area contributed by atoms with Crippen molar-refractivity contribution in [3.8, 4) is 11.1 Å². The average Bonchev–Trinajstić information content (AvgIpc) is 3.73. The summed E-state index contributed by atoms with van der Waals surface area (Å²) in [5.41, 5.74) is 6.79. The van der Waals surface area contributed by atoms with Crippen molar-refractivity contribution in [2.75, 3.05) is 13.1 Å². The Kier molecular flexibility index (Phi) is 4.48. The van der Waals surface area contributed by atoms with Crippen molar-refractivity contribution in [3.63, 3.8) is 0 Å². The SMILES string of the molecule is c1cc2c(ccc3[nH]c([C@@H]4CCCN4)nc32)cc1-c1ccc2c(ccc3nc([C@@H]4CCCN4)[nH]c32)c1. The van der Waals surface area contributed by atoms with Crippen molar-refractivity contribution >= 4 is 43.6 Å². The Hall–Kier alpha value is -3.74. The number of nitrogens with zero attached hydrogens (tertiary/aromatic N) is 2. The molecule has 0 aliphatic carbocycles. The van der Waals surface area contributed by atoms with Crippen LogP contribution in [0.1, 0.15) is 49.4 Å². The summed E-state index contributed by atoms with van der Waals surface area (Å²) in [5, 5.41) is 12.0. The molecule has 0 radical (unpaired) electrons. The number of nitrogens with one attached hydrogen (secondary N) is 4. The van der Waals surface area contributed by atoms with Gasteiger partial charge in [0, 0.05) is 10.8 Å². The van der Waals surface area contributed by atoms with E-state index in [2.05, 4.69) is 81.3 Å². The molecular formula is C30H28N6. The first-order valence-electron chi connectivity index (χ1n) is 13.1. The van der Waals surface area contributed by atoms with E-state index in [1.807, 2.05) is 0 Å². The number of hydrogen-bond donors (Lipinski definition) is 4. The fraction of sp³-hybridized carbons (Fsp3) is 0.267. The Labute approximate surface area is 208 Å². The van der Waals surface area contributed by atoms with Gasteiger partial charge in [0.1, 0.15) is 11.6 Å². The summed E-state index contributed by atoms with van der Waals surface area (Å²) in [4.78, 5) is 17.0. The number of aromatic amines is 2. The lowest BCUT2D eigenvalue weighted by atomic mass is 9.98. The number of fused-ring (bicyclic) bond motifs is 6. The van der Waals surface area contributed by atoms with Crippen LogP contribution in [0.5, 0.6) is 0 Å². The van der Waals surface area contributed by atoms with E-state index in [9.17, 15) is 0 Å². The highest BCUT2D eigenvalue weighted by Gasteiger charge is 2.21. The number of rotatable bonds is 3. The van der Waals surface area contributed by atoms with Gasteiger partial charge in [0.15, 0.2) is 0 Å². The van der Waals surface area contributed by atoms with E-state index in [1.54, 1.807) is 0 Å². The van der Waals surface area contributed by atoms with Crippen LogP contribution in [0.4, 0.5) is 0 Å². The molecule has 2 saturated heterocycles. The summed E-state index contributed by atoms with van der Waals surface area (Å²) < 4.78 is 0. The van der Waals surface area contributed by atoms with E-state index in [1.165, 1.54) is 45.5 Å². The molecule has 2 aromatic heterocycles. The average molecular weight is 473 g/mol. The van der Waals surface area contributed by atoms with Gasteiger partial charge in [-0.3, -0.25) is 0 Å². The number of aromatic nitrogens is 4. The largest absolute Gasteiger partial charge is 0.341 e. The molecule has 2 atom stereocenters. The van der Waals surface area contributed by atoms with Crippen molar-refractivity contribution < 1.29 is 0 Å². The first-order chi connectivity index (χ1) is 17.8. The second kappa shape index (κ2) is 7.88. The van der Waals surface area contributed by atoms with Crippen molar-refractivity contribution in [2.45, 2.75) is 37.8 Å². The van der Waals surface area contributed by atoms with Crippen LogP contribution in [0.3, 0.4) is 0 Å². The Bertz CT molecular complexity index is 1630. The summed E-state index contributed by atoms with van der Waals surface area (Å²) in [7, 11) is 0. The zero-order valence-corrected chi connectivity index (χ0v) is 20.1. The van der Waals surface area contributed by atoms with Gasteiger partial charge in [-0.25, -0.2) is 9.97 Å². The maximum atomic E-state index is 4.99. The topological polar surface area (TPSA) is 81.4 Å². The molecule has 0 amide bonds. The molecule has 178 valence electrons. The zero-order chi connectivity index (χ0) is 23.6. The summed E-state index contributed by atoms with van der Waals surface area (Å²) >= 11 is 0. The Morgan fingerprint density at radius 3 is 2.03 bits per heavy atom. The fourth-order valence-corrected chi connectivity index (χ4v) is 6.17. The zero-order valence-electron chi connectivity index (χ0n) is 20.1. The van der Waals surface area contributed by atoms with E-state index in [4.69, 9.17) is 9.97 Å². The molecule has 0 saturated carbocycles. The monoisotopic (exact) mass is 472 g/mol. The number of H-pyrrole nitrogens is 2. The molecule has 0 spiro atoms. The Balaban J connectivity index is 1.19. The quantitative estimate of drug-likeness (QED) is 0.245. The third-order valence-corrected chi connectivity index (χ3v) is 8.09. The molecular weight excluding hydrogens is 444 g/mol. The lowest BCUT2D eigenvalue weighted by Crippen LogP contribution is -2.13. The van der Waals surface area contributed by atoms with Gasteiger partial charge in [-0.05, 0) is 84.9 Å². The van der Waals surface area contributed by atoms with E-state index < -0.39 is 0 Å². The number of benzene rings is 4. The van der Waals surface area contributed by atoms with Gasteiger partial charge < -0.3 is 20.6 Å². The Morgan fingerprint density at radius 1 is 0.639 bits per heavy atom. The van der Waals surface area contributed by atoms with Crippen LogP contribution < -0.4 is 10.6 Å². The summed E-state index contributed by atoms with van der Waals surface area (Å²) in [6.07, 6.45) is 4.71. The second-order valence-corrected chi connectivity index (χ2v) is 10.3. The summed E-state index contributed by atoms with van der Waals surface area (Å²) in [5.74, 6) is 2.12. The van der Waals surface area contributed by atoms with E-state index in [0.717, 1.165) is 59.6 Å². The molecule has 4 aromatic carbocycles. The molecule has 0 unspecified atom stereocenters. The van der Waals surface area contributed by atoms with Gasteiger partial charge in [0.2, 0.25) is 0 Å². The second-order valence-electron chi connectivity index (χ2n) is 10.3. The van der Waals surface area contributed by atoms with Gasteiger partial charge in [-0.1, -0.05) is 36.4 Å². The van der Waals surface area contributed by atoms with Crippen LogP contribution in [0.2, 0.25) is 0 Å². The first-order valence-corrected chi connectivity index (χ1v) is 13.1. The van der Waals surface area contributed by atoms with Gasteiger partial charge in [0.25, 0.3) is 0 Å². The van der Waals surface area contributed by atoms with Crippen LogP contribution in [-0.4, -0.2) is 33.0 Å². The maximum Gasteiger partial charge on any atom is 0.124 e. The molecule has 0 bridgehead atoms.